The summed E-state index contributed by atoms with van der Waals surface area (Å²) >= 11 is 0. The van der Waals surface area contributed by atoms with Crippen LogP contribution in [0.1, 0.15) is 16.8 Å². The van der Waals surface area contributed by atoms with E-state index >= 15 is 0 Å². The summed E-state index contributed by atoms with van der Waals surface area (Å²) in [6.07, 6.45) is 0.310. The molecule has 0 bridgehead atoms. The predicted octanol–water partition coefficient (Wildman–Crippen LogP) is 1.18. The molecule has 0 aliphatic carbocycles. The highest BCUT2D eigenvalue weighted by Crippen LogP contribution is 2.36. The second-order valence-corrected chi connectivity index (χ2v) is 5.69. The van der Waals surface area contributed by atoms with Crippen LogP contribution in [-0.2, 0) is 9.53 Å². The molecule has 1 fully saturated rings. The predicted molar refractivity (Wildman–Crippen MR) is 88.7 cm³/mol. The standard InChI is InChI=1S/C16H20N2O8/c1-24-5-6-26-14-8-12(18(22)23)11(7-13(14)25-2)15(19)17-4-3-10(9-17)16(20)21/h7-8,10H,3-6,9H2,1-2H3,(H,20,21). The normalized spacial score (nSPS) is 16.4. The highest BCUT2D eigenvalue weighted by molar-refractivity contribution is 5.99. The molecule has 142 valence electrons. The average Bonchev–Trinajstić information content (AvgIpc) is 3.11. The Bertz CT molecular complexity index is 706. The zero-order valence-electron chi connectivity index (χ0n) is 14.5. The number of nitro benzene ring substituents is 1. The van der Waals surface area contributed by atoms with E-state index in [1.54, 1.807) is 0 Å². The van der Waals surface area contributed by atoms with Gasteiger partial charge in [0.1, 0.15) is 12.2 Å². The molecule has 10 heteroatoms. The zero-order chi connectivity index (χ0) is 19.3. The Balaban J connectivity index is 2.33. The topological polar surface area (TPSA) is 128 Å². The number of carboxylic acid groups (broad SMARTS) is 1. The number of likely N-dealkylation sites (tertiary alicyclic amines) is 1. The van der Waals surface area contributed by atoms with E-state index in [4.69, 9.17) is 19.3 Å². The molecule has 1 heterocycles. The Morgan fingerprint density at radius 3 is 2.58 bits per heavy atom. The van der Waals surface area contributed by atoms with Crippen molar-refractivity contribution in [3.05, 3.63) is 27.8 Å². The summed E-state index contributed by atoms with van der Waals surface area (Å²) in [5, 5.41) is 20.5. The number of carbonyl (C=O) groups excluding carboxylic acids is 1. The summed E-state index contributed by atoms with van der Waals surface area (Å²) < 4.78 is 15.4. The van der Waals surface area contributed by atoms with Crippen LogP contribution in [0, 0.1) is 16.0 Å². The number of nitrogens with zero attached hydrogens (tertiary/aromatic N) is 2. The van der Waals surface area contributed by atoms with Crippen molar-refractivity contribution in [3.63, 3.8) is 0 Å². The number of hydrogen-bond acceptors (Lipinski definition) is 7. The van der Waals surface area contributed by atoms with E-state index in [9.17, 15) is 19.7 Å². The third-order valence-corrected chi connectivity index (χ3v) is 4.08. The number of ether oxygens (including phenoxy) is 3. The molecule has 1 aromatic rings. The molecule has 0 spiro atoms. The highest BCUT2D eigenvalue weighted by atomic mass is 16.6. The van der Waals surface area contributed by atoms with Crippen molar-refractivity contribution in [2.75, 3.05) is 40.5 Å². The van der Waals surface area contributed by atoms with Crippen molar-refractivity contribution in [2.24, 2.45) is 5.92 Å². The number of methoxy groups -OCH3 is 2. The summed E-state index contributed by atoms with van der Waals surface area (Å²) in [6, 6.07) is 2.38. The number of hydrogen-bond donors (Lipinski definition) is 1. The average molecular weight is 368 g/mol. The number of aliphatic carboxylic acids is 1. The molecule has 0 saturated carbocycles. The van der Waals surface area contributed by atoms with Gasteiger partial charge in [-0.25, -0.2) is 0 Å². The van der Waals surface area contributed by atoms with Gasteiger partial charge < -0.3 is 24.2 Å². The molecule has 1 aromatic carbocycles. The summed E-state index contributed by atoms with van der Waals surface area (Å²) in [4.78, 5) is 35.8. The Morgan fingerprint density at radius 2 is 2.04 bits per heavy atom. The number of rotatable bonds is 8. The Kier molecular flexibility index (Phi) is 6.34. The van der Waals surface area contributed by atoms with Gasteiger partial charge in [0, 0.05) is 26.3 Å². The fourth-order valence-corrected chi connectivity index (χ4v) is 2.70. The minimum Gasteiger partial charge on any atom is -0.493 e. The first-order chi connectivity index (χ1) is 12.4. The lowest BCUT2D eigenvalue weighted by Gasteiger charge is -2.17. The minimum atomic E-state index is -0.991. The van der Waals surface area contributed by atoms with Crippen LogP contribution in [0.15, 0.2) is 12.1 Å². The van der Waals surface area contributed by atoms with Crippen molar-refractivity contribution in [1.29, 1.82) is 0 Å². The first-order valence-electron chi connectivity index (χ1n) is 7.89. The molecular weight excluding hydrogens is 348 g/mol. The van der Waals surface area contributed by atoms with Gasteiger partial charge in [0.2, 0.25) is 0 Å². The maximum atomic E-state index is 12.7. The van der Waals surface area contributed by atoms with Crippen LogP contribution in [0.4, 0.5) is 5.69 Å². The lowest BCUT2D eigenvalue weighted by Crippen LogP contribution is -2.30. The molecule has 1 atom stereocenters. The summed E-state index contributed by atoms with van der Waals surface area (Å²) in [5.74, 6) is -1.98. The molecule has 0 radical (unpaired) electrons. The molecule has 1 amide bonds. The maximum absolute atomic E-state index is 12.7. The van der Waals surface area contributed by atoms with E-state index in [1.165, 1.54) is 25.2 Å². The quantitative estimate of drug-likeness (QED) is 0.411. The van der Waals surface area contributed by atoms with Crippen LogP contribution in [-0.4, -0.2) is 67.3 Å². The molecular formula is C16H20N2O8. The lowest BCUT2D eigenvalue weighted by molar-refractivity contribution is -0.385. The molecule has 26 heavy (non-hydrogen) atoms. The van der Waals surface area contributed by atoms with E-state index in [-0.39, 0.29) is 43.4 Å². The van der Waals surface area contributed by atoms with Crippen LogP contribution in [0.3, 0.4) is 0 Å². The zero-order valence-corrected chi connectivity index (χ0v) is 14.5. The molecule has 0 aromatic heterocycles. The van der Waals surface area contributed by atoms with Gasteiger partial charge in [-0.3, -0.25) is 19.7 Å². The van der Waals surface area contributed by atoms with E-state index in [0.717, 1.165) is 6.07 Å². The van der Waals surface area contributed by atoms with Gasteiger partial charge in [0.25, 0.3) is 11.6 Å². The van der Waals surface area contributed by atoms with Crippen molar-refractivity contribution < 1.29 is 33.8 Å². The van der Waals surface area contributed by atoms with Crippen LogP contribution in [0.25, 0.3) is 0 Å². The molecule has 10 nitrogen and oxygen atoms in total. The number of carbonyl (C=O) groups is 2. The van der Waals surface area contributed by atoms with E-state index in [2.05, 4.69) is 0 Å². The van der Waals surface area contributed by atoms with Gasteiger partial charge in [0.15, 0.2) is 11.5 Å². The fraction of sp³-hybridized carbons (Fsp3) is 0.500. The van der Waals surface area contributed by atoms with Crippen LogP contribution >= 0.6 is 0 Å². The second-order valence-electron chi connectivity index (χ2n) is 5.69. The van der Waals surface area contributed by atoms with Crippen molar-refractivity contribution >= 4 is 17.6 Å². The maximum Gasteiger partial charge on any atom is 0.308 e. The molecule has 1 saturated heterocycles. The van der Waals surface area contributed by atoms with E-state index < -0.39 is 28.4 Å². The summed E-state index contributed by atoms with van der Waals surface area (Å²) in [5.41, 5.74) is -0.598. The third-order valence-electron chi connectivity index (χ3n) is 4.08. The number of carboxylic acids is 1. The monoisotopic (exact) mass is 368 g/mol. The summed E-state index contributed by atoms with van der Waals surface area (Å²) in [7, 11) is 2.85. The Morgan fingerprint density at radius 1 is 1.31 bits per heavy atom. The van der Waals surface area contributed by atoms with Crippen LogP contribution in [0.2, 0.25) is 0 Å². The first kappa shape index (κ1) is 19.4. The molecule has 2 rings (SSSR count). The lowest BCUT2D eigenvalue weighted by atomic mass is 10.1. The number of amides is 1. The van der Waals surface area contributed by atoms with Crippen molar-refractivity contribution in [3.8, 4) is 11.5 Å². The van der Waals surface area contributed by atoms with Crippen molar-refractivity contribution in [2.45, 2.75) is 6.42 Å². The van der Waals surface area contributed by atoms with Gasteiger partial charge in [-0.1, -0.05) is 0 Å². The Labute approximate surface area is 149 Å². The molecule has 1 aliphatic heterocycles. The molecule has 1 unspecified atom stereocenters. The van der Waals surface area contributed by atoms with E-state index in [1.807, 2.05) is 0 Å². The number of nitro groups is 1. The smallest absolute Gasteiger partial charge is 0.308 e. The SMILES string of the molecule is COCCOc1cc([N+](=O)[O-])c(C(=O)N2CCC(C(=O)O)C2)cc1OC. The van der Waals surface area contributed by atoms with Gasteiger partial charge in [-0.05, 0) is 6.42 Å². The highest BCUT2D eigenvalue weighted by Gasteiger charge is 2.34. The minimum absolute atomic E-state index is 0.0136. The van der Waals surface area contributed by atoms with Gasteiger partial charge >= 0.3 is 5.97 Å². The summed E-state index contributed by atoms with van der Waals surface area (Å²) in [6.45, 7) is 0.673. The Hall–Kier alpha value is -2.88. The van der Waals surface area contributed by atoms with Gasteiger partial charge in [-0.15, -0.1) is 0 Å². The van der Waals surface area contributed by atoms with Gasteiger partial charge in [0.05, 0.1) is 30.6 Å². The van der Waals surface area contributed by atoms with Crippen molar-refractivity contribution in [1.82, 2.24) is 4.90 Å². The molecule has 1 N–H and O–H groups in total. The fourth-order valence-electron chi connectivity index (χ4n) is 2.70. The first-order valence-corrected chi connectivity index (χ1v) is 7.89. The third kappa shape index (κ3) is 4.20. The van der Waals surface area contributed by atoms with Crippen LogP contribution in [0.5, 0.6) is 11.5 Å². The largest absolute Gasteiger partial charge is 0.493 e. The van der Waals surface area contributed by atoms with E-state index in [0.29, 0.717) is 6.42 Å². The van der Waals surface area contributed by atoms with Gasteiger partial charge in [-0.2, -0.15) is 0 Å². The number of benzene rings is 1. The second kappa shape index (κ2) is 8.48. The van der Waals surface area contributed by atoms with Crippen LogP contribution < -0.4 is 9.47 Å². The molecule has 1 aliphatic rings.